The molecular weight excluding hydrogens is 426 g/mol. The maximum Gasteiger partial charge on any atom is 0.245 e. The molecule has 2 aromatic carbocycles. The lowest BCUT2D eigenvalue weighted by molar-refractivity contribution is -0.115. The van der Waals surface area contributed by atoms with E-state index in [0.717, 1.165) is 16.7 Å². The summed E-state index contributed by atoms with van der Waals surface area (Å²) >= 11 is 0. The van der Waals surface area contributed by atoms with Crippen molar-refractivity contribution < 1.29 is 14.7 Å². The number of amides is 1. The molecule has 0 unspecified atom stereocenters. The lowest BCUT2D eigenvalue weighted by Crippen LogP contribution is -2.37. The van der Waals surface area contributed by atoms with Gasteiger partial charge >= 0.3 is 0 Å². The van der Waals surface area contributed by atoms with Gasteiger partial charge in [0.1, 0.15) is 5.75 Å². The molecule has 1 aliphatic rings. The summed E-state index contributed by atoms with van der Waals surface area (Å²) < 4.78 is 0. The van der Waals surface area contributed by atoms with Crippen LogP contribution in [0.5, 0.6) is 5.75 Å². The molecule has 182 valence electrons. The highest BCUT2D eigenvalue weighted by atomic mass is 16.3. The zero-order valence-corrected chi connectivity index (χ0v) is 21.5. The van der Waals surface area contributed by atoms with E-state index in [2.05, 4.69) is 4.99 Å². The van der Waals surface area contributed by atoms with E-state index < -0.39 is 0 Å². The molecule has 0 aliphatic carbocycles. The van der Waals surface area contributed by atoms with Crippen LogP contribution in [0.2, 0.25) is 0 Å². The minimum Gasteiger partial charge on any atom is -0.507 e. The molecule has 34 heavy (non-hydrogen) atoms. The van der Waals surface area contributed by atoms with Gasteiger partial charge in [-0.25, -0.2) is 0 Å². The molecule has 0 radical (unpaired) electrons. The number of phenols is 1. The zero-order chi connectivity index (χ0) is 25.3. The summed E-state index contributed by atoms with van der Waals surface area (Å²) in [7, 11) is 0. The topological polar surface area (TPSA) is 73.2 Å². The fourth-order valence-electron chi connectivity index (χ4n) is 4.23. The summed E-state index contributed by atoms with van der Waals surface area (Å²) in [4.78, 5) is 33.6. The number of rotatable bonds is 5. The number of aromatic hydroxyl groups is 1. The van der Waals surface area contributed by atoms with Gasteiger partial charge in [-0.15, -0.1) is 0 Å². The predicted molar refractivity (Wildman–Crippen MR) is 136 cm³/mol. The van der Waals surface area contributed by atoms with E-state index in [0.29, 0.717) is 31.2 Å². The average molecular weight is 464 g/mol. The van der Waals surface area contributed by atoms with Crippen molar-refractivity contribution in [2.75, 3.05) is 19.6 Å². The number of phenolic OH excluding ortho intramolecular Hbond substituents is 1. The average Bonchev–Trinajstić information content (AvgIpc) is 3.07. The molecule has 0 saturated carbocycles. The Hall–Kier alpha value is -3.15. The molecule has 1 aliphatic heterocycles. The number of guanidine groups is 1. The van der Waals surface area contributed by atoms with E-state index >= 15 is 0 Å². The maximum atomic E-state index is 13.5. The van der Waals surface area contributed by atoms with Crippen LogP contribution in [-0.2, 0) is 22.2 Å². The molecular formula is C28H37N3O3. The molecule has 0 bridgehead atoms. The SMILES string of the molecule is CC(=O)/N=C1/N(CC(=O)c2cc(C(C)(C)C)c(O)c(C(C)(C)C)c2)CCN1Cc1ccccc1. The molecule has 6 heteroatoms. The van der Waals surface area contributed by atoms with E-state index in [9.17, 15) is 14.7 Å². The Bertz CT molecular complexity index is 1060. The Labute approximate surface area is 203 Å². The maximum absolute atomic E-state index is 13.5. The highest BCUT2D eigenvalue weighted by molar-refractivity contribution is 6.02. The number of Topliss-reactive ketones (excluding diaryl/α,β-unsaturated/α-hetero) is 1. The Balaban J connectivity index is 1.91. The van der Waals surface area contributed by atoms with Crippen LogP contribution in [0.4, 0.5) is 0 Å². The van der Waals surface area contributed by atoms with Gasteiger partial charge in [0.15, 0.2) is 5.78 Å². The molecule has 1 N–H and O–H groups in total. The van der Waals surface area contributed by atoms with Crippen LogP contribution in [0.1, 0.15) is 75.5 Å². The van der Waals surface area contributed by atoms with Crippen LogP contribution < -0.4 is 0 Å². The third-order valence-electron chi connectivity index (χ3n) is 6.06. The summed E-state index contributed by atoms with van der Waals surface area (Å²) in [5.74, 6) is 0.442. The Morgan fingerprint density at radius 1 is 0.912 bits per heavy atom. The van der Waals surface area contributed by atoms with Gasteiger partial charge in [0.2, 0.25) is 11.9 Å². The second-order valence-corrected chi connectivity index (χ2v) is 11.1. The van der Waals surface area contributed by atoms with Crippen molar-refractivity contribution in [1.29, 1.82) is 0 Å². The minimum absolute atomic E-state index is 0.0613. The number of carbonyl (C=O) groups excluding carboxylic acids is 2. The van der Waals surface area contributed by atoms with Crippen LogP contribution in [0.3, 0.4) is 0 Å². The van der Waals surface area contributed by atoms with Crippen LogP contribution >= 0.6 is 0 Å². The van der Waals surface area contributed by atoms with Gasteiger partial charge in [-0.2, -0.15) is 4.99 Å². The lowest BCUT2D eigenvalue weighted by atomic mass is 9.78. The van der Waals surface area contributed by atoms with Gasteiger partial charge < -0.3 is 14.9 Å². The fourth-order valence-corrected chi connectivity index (χ4v) is 4.23. The minimum atomic E-state index is -0.318. The molecule has 1 amide bonds. The van der Waals surface area contributed by atoms with Crippen molar-refractivity contribution in [3.63, 3.8) is 0 Å². The predicted octanol–water partition coefficient (Wildman–Crippen LogP) is 4.89. The van der Waals surface area contributed by atoms with Gasteiger partial charge in [-0.05, 0) is 28.5 Å². The Morgan fingerprint density at radius 2 is 1.44 bits per heavy atom. The van der Waals surface area contributed by atoms with Gasteiger partial charge in [0.25, 0.3) is 0 Å². The van der Waals surface area contributed by atoms with Crippen molar-refractivity contribution >= 4 is 17.6 Å². The molecule has 1 heterocycles. The van der Waals surface area contributed by atoms with Gasteiger partial charge in [-0.3, -0.25) is 9.59 Å². The quantitative estimate of drug-likeness (QED) is 0.639. The molecule has 6 nitrogen and oxygen atoms in total. The first-order valence-corrected chi connectivity index (χ1v) is 11.8. The molecule has 0 atom stereocenters. The van der Waals surface area contributed by atoms with Crippen LogP contribution in [-0.4, -0.2) is 52.2 Å². The van der Waals surface area contributed by atoms with Crippen molar-refractivity contribution in [2.45, 2.75) is 65.8 Å². The highest BCUT2D eigenvalue weighted by Gasteiger charge is 2.31. The number of ketones is 1. The van der Waals surface area contributed by atoms with E-state index in [1.165, 1.54) is 6.92 Å². The first kappa shape index (κ1) is 25.5. The first-order valence-electron chi connectivity index (χ1n) is 11.8. The van der Waals surface area contributed by atoms with E-state index in [-0.39, 0.29) is 34.8 Å². The Morgan fingerprint density at radius 3 is 1.94 bits per heavy atom. The van der Waals surface area contributed by atoms with Gasteiger partial charge in [-0.1, -0.05) is 71.9 Å². The number of hydrogen-bond donors (Lipinski definition) is 1. The number of benzene rings is 2. The second-order valence-electron chi connectivity index (χ2n) is 11.1. The standard InChI is InChI=1S/C28H37N3O3/c1-19(32)29-26-30(17-20-11-9-8-10-12-20)13-14-31(26)18-24(33)21-15-22(27(2,3)4)25(34)23(16-21)28(5,6)7/h8-12,15-16,34H,13-14,17-18H2,1-7H3/b29-26+. The molecule has 0 aromatic heterocycles. The Kier molecular flexibility index (Phi) is 7.20. The van der Waals surface area contributed by atoms with Crippen molar-refractivity contribution in [2.24, 2.45) is 4.99 Å². The molecule has 0 spiro atoms. The monoisotopic (exact) mass is 463 g/mol. The third kappa shape index (κ3) is 5.85. The number of aliphatic imine (C=N–C) groups is 1. The summed E-state index contributed by atoms with van der Waals surface area (Å²) in [6.45, 7) is 15.6. The normalized spacial score (nSPS) is 15.8. The van der Waals surface area contributed by atoms with Crippen LogP contribution in [0.15, 0.2) is 47.5 Å². The lowest BCUT2D eigenvalue weighted by Gasteiger charge is -2.28. The summed E-state index contributed by atoms with van der Waals surface area (Å²) in [5, 5.41) is 11.0. The van der Waals surface area contributed by atoms with Crippen LogP contribution in [0.25, 0.3) is 0 Å². The third-order valence-corrected chi connectivity index (χ3v) is 6.06. The highest BCUT2D eigenvalue weighted by Crippen LogP contribution is 2.40. The van der Waals surface area contributed by atoms with E-state index in [1.807, 2.05) is 93.8 Å². The number of carbonyl (C=O) groups is 2. The fraction of sp³-hybridized carbons (Fsp3) is 0.464. The number of hydrogen-bond acceptors (Lipinski definition) is 3. The molecule has 3 rings (SSSR count). The van der Waals surface area contributed by atoms with Crippen molar-refractivity contribution in [3.8, 4) is 5.75 Å². The van der Waals surface area contributed by atoms with Gasteiger partial charge in [0, 0.05) is 43.2 Å². The molecule has 1 fully saturated rings. The molecule has 1 saturated heterocycles. The summed E-state index contributed by atoms with van der Waals surface area (Å²) in [6, 6.07) is 13.6. The van der Waals surface area contributed by atoms with Crippen molar-refractivity contribution in [1.82, 2.24) is 9.80 Å². The summed E-state index contributed by atoms with van der Waals surface area (Å²) in [6.07, 6.45) is 0. The zero-order valence-electron chi connectivity index (χ0n) is 21.5. The van der Waals surface area contributed by atoms with E-state index in [1.54, 1.807) is 0 Å². The van der Waals surface area contributed by atoms with Gasteiger partial charge in [0.05, 0.1) is 6.54 Å². The smallest absolute Gasteiger partial charge is 0.245 e. The van der Waals surface area contributed by atoms with Crippen molar-refractivity contribution in [3.05, 3.63) is 64.7 Å². The first-order chi connectivity index (χ1) is 15.8. The second kappa shape index (κ2) is 9.61. The number of nitrogens with zero attached hydrogens (tertiary/aromatic N) is 3. The van der Waals surface area contributed by atoms with E-state index in [4.69, 9.17) is 0 Å². The van der Waals surface area contributed by atoms with Crippen LogP contribution in [0, 0.1) is 0 Å². The summed E-state index contributed by atoms with van der Waals surface area (Å²) in [5.41, 5.74) is 2.57. The largest absolute Gasteiger partial charge is 0.507 e. The molecule has 2 aromatic rings.